The Labute approximate surface area is 257 Å². The first-order valence-electron chi connectivity index (χ1n) is 12.7. The highest BCUT2D eigenvalue weighted by Crippen LogP contribution is 2.31. The van der Waals surface area contributed by atoms with Gasteiger partial charge in [-0.1, -0.05) is 0 Å². The predicted molar refractivity (Wildman–Crippen MR) is 130 cm³/mol. The fourth-order valence-electron chi connectivity index (χ4n) is 3.98. The van der Waals surface area contributed by atoms with Gasteiger partial charge in [-0.3, -0.25) is 14.2 Å². The number of methoxy groups -OCH3 is 3. The topological polar surface area (TPSA) is 75.6 Å². The summed E-state index contributed by atoms with van der Waals surface area (Å²) in [5.74, 6) is -24.7. The molecule has 0 unspecified atom stereocenters. The fraction of sp³-hybridized carbons (Fsp3) is 0.357. The quantitative estimate of drug-likeness (QED) is 0.113. The molecule has 47 heavy (non-hydrogen) atoms. The molecule has 3 aromatic rings. The summed E-state index contributed by atoms with van der Waals surface area (Å²) >= 11 is 0. The van der Waals surface area contributed by atoms with Crippen LogP contribution in [0.4, 0.5) is 52.7 Å². The second kappa shape index (κ2) is 15.6. The summed E-state index contributed by atoms with van der Waals surface area (Å²) < 4.78 is 201. The van der Waals surface area contributed by atoms with E-state index in [1.54, 1.807) is 0 Å². The predicted octanol–water partition coefficient (Wildman–Crippen LogP) is 6.35. The molecule has 260 valence electrons. The minimum atomic E-state index is -4.05. The van der Waals surface area contributed by atoms with Crippen molar-refractivity contribution < 1.29 is 86.2 Å². The second-order valence-corrected chi connectivity index (χ2v) is 9.33. The van der Waals surface area contributed by atoms with Gasteiger partial charge in [0.15, 0.2) is 69.8 Å². The van der Waals surface area contributed by atoms with Crippen LogP contribution in [0.5, 0.6) is 0 Å². The SMILES string of the molecule is COCc1c(F)c(F)c(COC(O)(OCc2c(F)c(F)c(COC)c(F)c2F)OCc2c(F)c(F)c(COC)c(F)c2F)c(F)c1F. The van der Waals surface area contributed by atoms with Crippen molar-refractivity contribution in [1.29, 1.82) is 0 Å². The second-order valence-electron chi connectivity index (χ2n) is 9.33. The summed E-state index contributed by atoms with van der Waals surface area (Å²) in [7, 11) is 2.80. The third kappa shape index (κ3) is 7.66. The van der Waals surface area contributed by atoms with E-state index in [9.17, 15) is 57.8 Å². The first kappa shape index (κ1) is 38.0. The summed E-state index contributed by atoms with van der Waals surface area (Å²) in [5.41, 5.74) is -8.51. The molecule has 0 fully saturated rings. The highest BCUT2D eigenvalue weighted by atomic mass is 19.2. The summed E-state index contributed by atoms with van der Waals surface area (Å²) in [5, 5.41) is 10.7. The summed E-state index contributed by atoms with van der Waals surface area (Å²) in [6.07, 6.45) is -4.05. The molecule has 0 amide bonds. The fourth-order valence-corrected chi connectivity index (χ4v) is 3.98. The summed E-state index contributed by atoms with van der Waals surface area (Å²) in [6, 6.07) is 0. The van der Waals surface area contributed by atoms with Crippen LogP contribution < -0.4 is 0 Å². The van der Waals surface area contributed by atoms with E-state index in [-0.39, 0.29) is 0 Å². The number of hydrogen-bond acceptors (Lipinski definition) is 7. The molecule has 0 radical (unpaired) electrons. The lowest BCUT2D eigenvalue weighted by molar-refractivity contribution is -0.496. The van der Waals surface area contributed by atoms with Crippen molar-refractivity contribution in [3.63, 3.8) is 0 Å². The van der Waals surface area contributed by atoms with Gasteiger partial charge in [-0.25, -0.2) is 52.7 Å². The molecule has 0 aliphatic heterocycles. The third-order valence-corrected chi connectivity index (χ3v) is 6.40. The molecule has 3 aromatic carbocycles. The molecule has 3 rings (SSSR count). The Morgan fingerprint density at radius 1 is 0.340 bits per heavy atom. The van der Waals surface area contributed by atoms with Crippen molar-refractivity contribution in [2.24, 2.45) is 0 Å². The lowest BCUT2D eigenvalue weighted by atomic mass is 10.1. The zero-order valence-corrected chi connectivity index (χ0v) is 24.2. The van der Waals surface area contributed by atoms with E-state index in [1.807, 2.05) is 0 Å². The average molecular weight is 698 g/mol. The standard InChI is InChI=1S/C28H22F12O7/c1-42-4-10-16(29)22(35)13(23(36)17(10)30)7-45-28(41,46-8-14-24(37)18(31)11(5-43-2)19(32)25(14)38)47-9-15-26(39)20(33)12(6-44-3)21(34)27(15)40/h41H,4-9H2,1-3H3. The molecule has 0 saturated heterocycles. The monoisotopic (exact) mass is 698 g/mol. The largest absolute Gasteiger partial charge is 0.411 e. The van der Waals surface area contributed by atoms with Gasteiger partial charge in [-0.05, 0) is 0 Å². The molecular formula is C28H22F12O7. The van der Waals surface area contributed by atoms with E-state index in [2.05, 4.69) is 28.4 Å². The van der Waals surface area contributed by atoms with Gasteiger partial charge in [0.05, 0.1) is 73.0 Å². The van der Waals surface area contributed by atoms with Gasteiger partial charge in [-0.15, -0.1) is 0 Å². The van der Waals surface area contributed by atoms with Gasteiger partial charge in [-0.2, -0.15) is 0 Å². The molecule has 0 aliphatic rings. The Kier molecular flexibility index (Phi) is 12.6. The molecule has 7 nitrogen and oxygen atoms in total. The molecule has 0 spiro atoms. The summed E-state index contributed by atoms with van der Waals surface area (Å²) in [4.78, 5) is 0. The normalized spacial score (nSPS) is 12.0. The Morgan fingerprint density at radius 2 is 0.489 bits per heavy atom. The van der Waals surface area contributed by atoms with E-state index in [0.717, 1.165) is 21.3 Å². The van der Waals surface area contributed by atoms with Crippen LogP contribution in [-0.2, 0) is 68.1 Å². The number of hydrogen-bond donors (Lipinski definition) is 1. The van der Waals surface area contributed by atoms with E-state index in [0.29, 0.717) is 0 Å². The molecule has 1 N–H and O–H groups in total. The van der Waals surface area contributed by atoms with Gasteiger partial charge < -0.3 is 19.3 Å². The molecule has 0 aliphatic carbocycles. The van der Waals surface area contributed by atoms with Crippen molar-refractivity contribution in [3.8, 4) is 0 Å². The first-order chi connectivity index (χ1) is 22.1. The highest BCUT2D eigenvalue weighted by Gasteiger charge is 2.37. The molecule has 0 bridgehead atoms. The minimum absolute atomic E-state index is 0.934. The number of halogens is 12. The van der Waals surface area contributed by atoms with Gasteiger partial charge in [0, 0.05) is 21.3 Å². The van der Waals surface area contributed by atoms with E-state index in [4.69, 9.17) is 0 Å². The average Bonchev–Trinajstić information content (AvgIpc) is 3.04. The smallest absolute Gasteiger partial charge is 0.380 e. The number of rotatable bonds is 15. The Balaban J connectivity index is 2.04. The maximum atomic E-state index is 14.6. The van der Waals surface area contributed by atoms with Crippen LogP contribution in [-0.4, -0.2) is 32.6 Å². The van der Waals surface area contributed by atoms with Crippen LogP contribution in [0.3, 0.4) is 0 Å². The summed E-state index contributed by atoms with van der Waals surface area (Å²) in [6.45, 7) is -8.25. The zero-order chi connectivity index (χ0) is 35.4. The highest BCUT2D eigenvalue weighted by molar-refractivity contribution is 5.31. The van der Waals surface area contributed by atoms with Crippen LogP contribution in [0.1, 0.15) is 33.4 Å². The number of benzene rings is 3. The van der Waals surface area contributed by atoms with Gasteiger partial charge in [0.25, 0.3) is 0 Å². The van der Waals surface area contributed by atoms with Crippen molar-refractivity contribution in [3.05, 3.63) is 103 Å². The molecule has 0 atom stereocenters. The van der Waals surface area contributed by atoms with Gasteiger partial charge in [0.1, 0.15) is 0 Å². The third-order valence-electron chi connectivity index (χ3n) is 6.40. The lowest BCUT2D eigenvalue weighted by Crippen LogP contribution is -2.39. The van der Waals surface area contributed by atoms with Crippen molar-refractivity contribution >= 4 is 0 Å². The van der Waals surface area contributed by atoms with Crippen LogP contribution in [0.15, 0.2) is 0 Å². The molecular weight excluding hydrogens is 676 g/mol. The maximum Gasteiger partial charge on any atom is 0.411 e. The van der Waals surface area contributed by atoms with Crippen molar-refractivity contribution in [2.75, 3.05) is 21.3 Å². The zero-order valence-electron chi connectivity index (χ0n) is 24.2. The first-order valence-corrected chi connectivity index (χ1v) is 12.7. The lowest BCUT2D eigenvalue weighted by Gasteiger charge is -2.28. The van der Waals surface area contributed by atoms with Crippen LogP contribution >= 0.6 is 0 Å². The van der Waals surface area contributed by atoms with Gasteiger partial charge >= 0.3 is 6.16 Å². The molecule has 0 aromatic heterocycles. The van der Waals surface area contributed by atoms with E-state index < -0.39 is 149 Å². The van der Waals surface area contributed by atoms with Crippen molar-refractivity contribution in [2.45, 2.75) is 45.8 Å². The molecule has 0 saturated carbocycles. The maximum absolute atomic E-state index is 14.6. The van der Waals surface area contributed by atoms with E-state index >= 15 is 0 Å². The van der Waals surface area contributed by atoms with Crippen LogP contribution in [0, 0.1) is 69.8 Å². The van der Waals surface area contributed by atoms with Crippen molar-refractivity contribution in [1.82, 2.24) is 0 Å². The molecule has 0 heterocycles. The van der Waals surface area contributed by atoms with Crippen LogP contribution in [0.2, 0.25) is 0 Å². The number of aliphatic hydroxyl groups is 1. The van der Waals surface area contributed by atoms with Gasteiger partial charge in [0.2, 0.25) is 0 Å². The molecule has 19 heteroatoms. The number of ether oxygens (including phenoxy) is 6. The van der Waals surface area contributed by atoms with Crippen LogP contribution in [0.25, 0.3) is 0 Å². The minimum Gasteiger partial charge on any atom is -0.380 e. The Morgan fingerprint density at radius 3 is 0.638 bits per heavy atom. The Bertz CT molecular complexity index is 1360. The Hall–Kier alpha value is -3.46. The van der Waals surface area contributed by atoms with E-state index in [1.165, 1.54) is 0 Å².